The summed E-state index contributed by atoms with van der Waals surface area (Å²) in [5, 5.41) is 5.45. The molecule has 0 saturated heterocycles. The maximum Gasteiger partial charge on any atom is 0.412 e. The topological polar surface area (TPSA) is 99.7 Å². The molecule has 1 aliphatic heterocycles. The molecule has 0 spiro atoms. The zero-order chi connectivity index (χ0) is 23.1. The van der Waals surface area contributed by atoms with Crippen molar-refractivity contribution in [3.63, 3.8) is 0 Å². The molecule has 0 bridgehead atoms. The Morgan fingerprint density at radius 1 is 1.16 bits per heavy atom. The molecule has 32 heavy (non-hydrogen) atoms. The number of carbonyl (C=O) groups excluding carboxylic acids is 2. The number of hydrogen-bond acceptors (Lipinski definition) is 5. The fourth-order valence-electron chi connectivity index (χ4n) is 3.78. The Balaban J connectivity index is 1.49. The van der Waals surface area contributed by atoms with Crippen LogP contribution in [0.15, 0.2) is 47.4 Å². The van der Waals surface area contributed by atoms with E-state index >= 15 is 0 Å². The molecule has 2 amide bonds. The summed E-state index contributed by atoms with van der Waals surface area (Å²) in [5.74, 6) is 1.14. The Morgan fingerprint density at radius 3 is 2.53 bits per heavy atom. The molecule has 0 radical (unpaired) electrons. The molecule has 1 aliphatic rings. The number of fused-ring (bicyclic) bond motifs is 1. The van der Waals surface area contributed by atoms with E-state index in [-0.39, 0.29) is 5.91 Å². The lowest BCUT2D eigenvalue weighted by molar-refractivity contribution is -0.114. The number of nitrogens with one attached hydrogen (secondary N) is 2. The molecule has 0 saturated carbocycles. The lowest BCUT2D eigenvalue weighted by Crippen LogP contribution is -2.38. The number of rotatable bonds is 10. The zero-order valence-corrected chi connectivity index (χ0v) is 19.6. The van der Waals surface area contributed by atoms with E-state index in [1.165, 1.54) is 6.92 Å². The molecule has 1 heterocycles. The Labute approximate surface area is 192 Å². The van der Waals surface area contributed by atoms with Crippen molar-refractivity contribution in [3.05, 3.63) is 48.0 Å². The van der Waals surface area contributed by atoms with E-state index in [4.69, 9.17) is 9.47 Å². The predicted molar refractivity (Wildman–Crippen MR) is 126 cm³/mol. The van der Waals surface area contributed by atoms with Crippen molar-refractivity contribution in [1.82, 2.24) is 0 Å². The van der Waals surface area contributed by atoms with Gasteiger partial charge in [0, 0.05) is 18.2 Å². The molecular weight excluding hydrogens is 428 g/mol. The molecule has 8 heteroatoms. The number of ether oxygens (including phenoxy) is 2. The summed E-state index contributed by atoms with van der Waals surface area (Å²) in [6, 6.07) is 12.7. The number of benzene rings is 2. The molecule has 3 rings (SSSR count). The first-order valence-corrected chi connectivity index (χ1v) is 12.2. The number of cyclic esters (lactones) is 1. The van der Waals surface area contributed by atoms with Crippen LogP contribution in [0.2, 0.25) is 0 Å². The van der Waals surface area contributed by atoms with Gasteiger partial charge in [-0.3, -0.25) is 10.1 Å². The van der Waals surface area contributed by atoms with Gasteiger partial charge in [-0.15, -0.1) is 0 Å². The minimum atomic E-state index is -1.10. The number of amides is 2. The average molecular weight is 459 g/mol. The van der Waals surface area contributed by atoms with Gasteiger partial charge in [-0.25, -0.2) is 4.79 Å². The van der Waals surface area contributed by atoms with Gasteiger partial charge in [0.05, 0.1) is 12.3 Å². The SMILES string of the molecule is CCC1(CC)OC(=O)Nc2ccc(OCCCC[S+]([O-])c3ccc(NC(C)=O)cc3)cc21. The van der Waals surface area contributed by atoms with Gasteiger partial charge in [0.2, 0.25) is 5.91 Å². The first-order chi connectivity index (χ1) is 15.4. The van der Waals surface area contributed by atoms with Crippen molar-refractivity contribution in [1.29, 1.82) is 0 Å². The summed E-state index contributed by atoms with van der Waals surface area (Å²) < 4.78 is 24.0. The highest BCUT2D eigenvalue weighted by molar-refractivity contribution is 7.91. The Hall–Kier alpha value is -2.71. The molecule has 0 aromatic heterocycles. The normalized spacial score (nSPS) is 15.2. The van der Waals surface area contributed by atoms with E-state index < -0.39 is 22.9 Å². The fourth-order valence-corrected chi connectivity index (χ4v) is 4.92. The zero-order valence-electron chi connectivity index (χ0n) is 18.7. The lowest BCUT2D eigenvalue weighted by atomic mass is 9.86. The van der Waals surface area contributed by atoms with Gasteiger partial charge < -0.3 is 19.3 Å². The molecule has 7 nitrogen and oxygen atoms in total. The maximum atomic E-state index is 12.5. The molecular formula is C24H30N2O5S. The summed E-state index contributed by atoms with van der Waals surface area (Å²) in [5.41, 5.74) is 1.75. The van der Waals surface area contributed by atoms with Gasteiger partial charge in [0.25, 0.3) is 0 Å². The van der Waals surface area contributed by atoms with Crippen LogP contribution in [-0.4, -0.2) is 28.9 Å². The van der Waals surface area contributed by atoms with Crippen molar-refractivity contribution >= 4 is 34.6 Å². The molecule has 1 atom stereocenters. The summed E-state index contributed by atoms with van der Waals surface area (Å²) in [7, 11) is 0. The van der Waals surface area contributed by atoms with Crippen molar-refractivity contribution in [2.75, 3.05) is 23.0 Å². The molecule has 2 aromatic carbocycles. The van der Waals surface area contributed by atoms with Crippen LogP contribution in [0.1, 0.15) is 52.0 Å². The number of anilines is 2. The fraction of sp³-hybridized carbons (Fsp3) is 0.417. The highest BCUT2D eigenvalue weighted by Gasteiger charge is 2.39. The third-order valence-corrected chi connectivity index (χ3v) is 7.04. The van der Waals surface area contributed by atoms with E-state index in [0.717, 1.165) is 34.7 Å². The highest BCUT2D eigenvalue weighted by Crippen LogP contribution is 2.42. The van der Waals surface area contributed by atoms with E-state index in [1.807, 2.05) is 32.0 Å². The van der Waals surface area contributed by atoms with Crippen LogP contribution in [-0.2, 0) is 26.3 Å². The smallest absolute Gasteiger partial charge is 0.412 e. The largest absolute Gasteiger partial charge is 0.611 e. The molecule has 0 aliphatic carbocycles. The minimum absolute atomic E-state index is 0.134. The summed E-state index contributed by atoms with van der Waals surface area (Å²) >= 11 is -1.10. The summed E-state index contributed by atoms with van der Waals surface area (Å²) in [6.45, 7) is 5.98. The number of hydrogen-bond donors (Lipinski definition) is 2. The van der Waals surface area contributed by atoms with E-state index in [0.29, 0.717) is 30.9 Å². The van der Waals surface area contributed by atoms with Crippen LogP contribution in [0.3, 0.4) is 0 Å². The van der Waals surface area contributed by atoms with Gasteiger partial charge in [0.1, 0.15) is 17.1 Å². The van der Waals surface area contributed by atoms with Crippen molar-refractivity contribution < 1.29 is 23.6 Å². The van der Waals surface area contributed by atoms with Gasteiger partial charge in [-0.2, -0.15) is 0 Å². The summed E-state index contributed by atoms with van der Waals surface area (Å²) in [6.07, 6.45) is 2.48. The Morgan fingerprint density at radius 2 is 1.88 bits per heavy atom. The minimum Gasteiger partial charge on any atom is -0.611 e. The van der Waals surface area contributed by atoms with Crippen LogP contribution in [0.5, 0.6) is 5.75 Å². The van der Waals surface area contributed by atoms with Gasteiger partial charge >= 0.3 is 6.09 Å². The van der Waals surface area contributed by atoms with E-state index in [2.05, 4.69) is 10.6 Å². The molecule has 1 unspecified atom stereocenters. The second-order valence-electron chi connectivity index (χ2n) is 7.73. The second kappa shape index (κ2) is 10.7. The van der Waals surface area contributed by atoms with Crippen molar-refractivity contribution in [3.8, 4) is 5.75 Å². The van der Waals surface area contributed by atoms with E-state index in [1.54, 1.807) is 24.3 Å². The quantitative estimate of drug-likeness (QED) is 0.377. The number of unbranched alkanes of at least 4 members (excludes halogenated alkanes) is 1. The van der Waals surface area contributed by atoms with Crippen molar-refractivity contribution in [2.24, 2.45) is 0 Å². The van der Waals surface area contributed by atoms with Gasteiger partial charge in [-0.1, -0.05) is 13.8 Å². The van der Waals surface area contributed by atoms with Crippen LogP contribution in [0.25, 0.3) is 0 Å². The molecule has 2 N–H and O–H groups in total. The summed E-state index contributed by atoms with van der Waals surface area (Å²) in [4.78, 5) is 23.7. The van der Waals surface area contributed by atoms with Crippen LogP contribution < -0.4 is 15.4 Å². The Kier molecular flexibility index (Phi) is 8.04. The first-order valence-electron chi connectivity index (χ1n) is 10.9. The van der Waals surface area contributed by atoms with Crippen molar-refractivity contribution in [2.45, 2.75) is 57.0 Å². The van der Waals surface area contributed by atoms with Crippen LogP contribution >= 0.6 is 0 Å². The molecule has 2 aromatic rings. The number of carbonyl (C=O) groups is 2. The average Bonchev–Trinajstić information content (AvgIpc) is 2.78. The second-order valence-corrected chi connectivity index (χ2v) is 9.30. The predicted octanol–water partition coefficient (Wildman–Crippen LogP) is 5.19. The Bertz CT molecular complexity index is 944. The highest BCUT2D eigenvalue weighted by atomic mass is 32.2. The van der Waals surface area contributed by atoms with Gasteiger partial charge in [-0.05, 0) is 79.3 Å². The van der Waals surface area contributed by atoms with Crippen LogP contribution in [0.4, 0.5) is 16.2 Å². The van der Waals surface area contributed by atoms with E-state index in [9.17, 15) is 14.1 Å². The lowest BCUT2D eigenvalue weighted by Gasteiger charge is -2.37. The monoisotopic (exact) mass is 458 g/mol. The molecule has 0 fully saturated rings. The third-order valence-electron chi connectivity index (χ3n) is 5.58. The molecule has 172 valence electrons. The first kappa shape index (κ1) is 23.9. The van der Waals surface area contributed by atoms with Crippen LogP contribution in [0, 0.1) is 0 Å². The van der Waals surface area contributed by atoms with Gasteiger partial charge in [0.15, 0.2) is 4.90 Å². The third kappa shape index (κ3) is 5.75. The standard InChI is InChI=1S/C24H30N2O5S/c1-4-24(5-2)21-16-19(10-13-22(21)26-23(28)31-24)30-14-6-7-15-32(29)20-11-8-18(9-12-20)25-17(3)27/h8-13,16H,4-7,14-15H2,1-3H3,(H,25,27)(H,26,28). The maximum absolute atomic E-state index is 12.5.